The standard InChI is InChI=1S/C9H8BrFO3/c10-6-3-7-9(14-4-13-7)5(1-2-12)8(6)11/h3,12H,1-2,4H2. The number of halogens is 2. The molecule has 0 aliphatic carbocycles. The summed E-state index contributed by atoms with van der Waals surface area (Å²) in [4.78, 5) is 0. The Kier molecular flexibility index (Phi) is 2.60. The summed E-state index contributed by atoms with van der Waals surface area (Å²) in [5, 5.41) is 8.79. The second kappa shape index (κ2) is 3.74. The first-order valence-electron chi connectivity index (χ1n) is 4.11. The maximum Gasteiger partial charge on any atom is 0.231 e. The highest BCUT2D eigenvalue weighted by Crippen LogP contribution is 2.40. The van der Waals surface area contributed by atoms with Gasteiger partial charge in [-0.25, -0.2) is 4.39 Å². The van der Waals surface area contributed by atoms with Gasteiger partial charge in [0.2, 0.25) is 6.79 Å². The van der Waals surface area contributed by atoms with Crippen LogP contribution in [0.2, 0.25) is 0 Å². The largest absolute Gasteiger partial charge is 0.454 e. The van der Waals surface area contributed by atoms with Crippen molar-refractivity contribution in [1.82, 2.24) is 0 Å². The van der Waals surface area contributed by atoms with Crippen LogP contribution in [0.5, 0.6) is 11.5 Å². The third-order valence-corrected chi connectivity index (χ3v) is 2.59. The van der Waals surface area contributed by atoms with Crippen LogP contribution in [0.3, 0.4) is 0 Å². The van der Waals surface area contributed by atoms with E-state index >= 15 is 0 Å². The third kappa shape index (κ3) is 1.46. The van der Waals surface area contributed by atoms with E-state index in [4.69, 9.17) is 14.6 Å². The minimum absolute atomic E-state index is 0.101. The molecule has 0 radical (unpaired) electrons. The molecule has 0 atom stereocenters. The molecule has 0 saturated heterocycles. The van der Waals surface area contributed by atoms with Gasteiger partial charge in [0.1, 0.15) is 5.82 Å². The van der Waals surface area contributed by atoms with E-state index in [1.165, 1.54) is 6.07 Å². The first-order valence-corrected chi connectivity index (χ1v) is 4.90. The van der Waals surface area contributed by atoms with Crippen molar-refractivity contribution < 1.29 is 19.0 Å². The molecule has 14 heavy (non-hydrogen) atoms. The Labute approximate surface area is 88.6 Å². The summed E-state index contributed by atoms with van der Waals surface area (Å²) in [5.74, 6) is 0.518. The minimum Gasteiger partial charge on any atom is -0.454 e. The van der Waals surface area contributed by atoms with Crippen molar-refractivity contribution in [1.29, 1.82) is 0 Å². The average Bonchev–Trinajstić information content (AvgIpc) is 2.60. The summed E-state index contributed by atoms with van der Waals surface area (Å²) < 4.78 is 24.1. The van der Waals surface area contributed by atoms with Crippen LogP contribution in [-0.4, -0.2) is 18.5 Å². The van der Waals surface area contributed by atoms with E-state index in [1.807, 2.05) is 0 Å². The Hall–Kier alpha value is -0.810. The van der Waals surface area contributed by atoms with E-state index in [0.717, 1.165) is 0 Å². The molecule has 0 saturated carbocycles. The zero-order chi connectivity index (χ0) is 10.1. The van der Waals surface area contributed by atoms with Crippen molar-refractivity contribution in [3.05, 3.63) is 21.9 Å². The first-order chi connectivity index (χ1) is 6.74. The van der Waals surface area contributed by atoms with Crippen molar-refractivity contribution in [2.24, 2.45) is 0 Å². The van der Waals surface area contributed by atoms with Crippen LogP contribution in [0.1, 0.15) is 5.56 Å². The molecule has 0 bridgehead atoms. The van der Waals surface area contributed by atoms with Gasteiger partial charge < -0.3 is 14.6 Å². The van der Waals surface area contributed by atoms with Crippen LogP contribution in [0.25, 0.3) is 0 Å². The van der Waals surface area contributed by atoms with Gasteiger partial charge in [0.15, 0.2) is 11.5 Å². The molecular formula is C9H8BrFO3. The predicted molar refractivity (Wildman–Crippen MR) is 51.0 cm³/mol. The topological polar surface area (TPSA) is 38.7 Å². The van der Waals surface area contributed by atoms with E-state index in [-0.39, 0.29) is 19.8 Å². The second-order valence-corrected chi connectivity index (χ2v) is 3.71. The highest BCUT2D eigenvalue weighted by molar-refractivity contribution is 9.10. The number of ether oxygens (including phenoxy) is 2. The number of fused-ring (bicyclic) bond motifs is 1. The fraction of sp³-hybridized carbons (Fsp3) is 0.333. The zero-order valence-electron chi connectivity index (χ0n) is 7.22. The number of rotatable bonds is 2. The van der Waals surface area contributed by atoms with Gasteiger partial charge in [-0.15, -0.1) is 0 Å². The van der Waals surface area contributed by atoms with Crippen LogP contribution in [0, 0.1) is 5.82 Å². The number of aliphatic hydroxyl groups excluding tert-OH is 1. The summed E-state index contributed by atoms with van der Waals surface area (Å²) in [6.45, 7) is -0.0210. The van der Waals surface area contributed by atoms with Gasteiger partial charge in [-0.05, 0) is 15.9 Å². The Bertz CT molecular complexity index is 368. The molecule has 1 aromatic carbocycles. The first kappa shape index (κ1) is 9.73. The maximum absolute atomic E-state index is 13.6. The van der Waals surface area contributed by atoms with Gasteiger partial charge in [0.25, 0.3) is 0 Å². The van der Waals surface area contributed by atoms with E-state index in [0.29, 0.717) is 21.5 Å². The summed E-state index contributed by atoms with van der Waals surface area (Å²) in [5.41, 5.74) is 0.356. The van der Waals surface area contributed by atoms with Gasteiger partial charge in [-0.1, -0.05) is 0 Å². The van der Waals surface area contributed by atoms with Gasteiger partial charge >= 0.3 is 0 Å². The van der Waals surface area contributed by atoms with Gasteiger partial charge in [0.05, 0.1) is 4.47 Å². The zero-order valence-corrected chi connectivity index (χ0v) is 8.80. The molecule has 0 fully saturated rings. The van der Waals surface area contributed by atoms with Crippen molar-refractivity contribution in [2.45, 2.75) is 6.42 Å². The SMILES string of the molecule is OCCc1c(F)c(Br)cc2c1OCO2. The average molecular weight is 263 g/mol. The fourth-order valence-electron chi connectivity index (χ4n) is 1.39. The molecule has 1 aliphatic heterocycles. The van der Waals surface area contributed by atoms with Crippen LogP contribution in [0.15, 0.2) is 10.5 Å². The molecule has 1 aliphatic rings. The molecule has 76 valence electrons. The van der Waals surface area contributed by atoms with E-state index < -0.39 is 5.82 Å². The second-order valence-electron chi connectivity index (χ2n) is 2.86. The monoisotopic (exact) mass is 262 g/mol. The fourth-order valence-corrected chi connectivity index (χ4v) is 1.84. The van der Waals surface area contributed by atoms with Crippen molar-refractivity contribution in [3.8, 4) is 11.5 Å². The Morgan fingerprint density at radius 1 is 1.50 bits per heavy atom. The van der Waals surface area contributed by atoms with Gasteiger partial charge in [0, 0.05) is 24.7 Å². The molecule has 2 rings (SSSR count). The minimum atomic E-state index is -0.400. The molecule has 0 amide bonds. The van der Waals surface area contributed by atoms with Gasteiger partial charge in [-0.3, -0.25) is 0 Å². The lowest BCUT2D eigenvalue weighted by atomic mass is 10.1. The number of aliphatic hydroxyl groups is 1. The molecule has 0 aromatic heterocycles. The van der Waals surface area contributed by atoms with Gasteiger partial charge in [-0.2, -0.15) is 0 Å². The molecule has 1 heterocycles. The molecule has 0 unspecified atom stereocenters. The Morgan fingerprint density at radius 2 is 2.29 bits per heavy atom. The van der Waals surface area contributed by atoms with Crippen molar-refractivity contribution in [2.75, 3.05) is 13.4 Å². The lowest BCUT2D eigenvalue weighted by molar-refractivity contribution is 0.172. The molecule has 0 spiro atoms. The summed E-state index contributed by atoms with van der Waals surface area (Å²) >= 11 is 3.08. The smallest absolute Gasteiger partial charge is 0.231 e. The Balaban J connectivity index is 2.54. The summed E-state index contributed by atoms with van der Waals surface area (Å²) in [6, 6.07) is 1.53. The normalized spacial score (nSPS) is 13.4. The number of hydrogen-bond acceptors (Lipinski definition) is 3. The highest BCUT2D eigenvalue weighted by atomic mass is 79.9. The van der Waals surface area contributed by atoms with Crippen LogP contribution in [-0.2, 0) is 6.42 Å². The number of benzene rings is 1. The third-order valence-electron chi connectivity index (χ3n) is 2.01. The highest BCUT2D eigenvalue weighted by Gasteiger charge is 2.23. The van der Waals surface area contributed by atoms with E-state index in [1.54, 1.807) is 0 Å². The lowest BCUT2D eigenvalue weighted by Crippen LogP contribution is -1.99. The maximum atomic E-state index is 13.6. The van der Waals surface area contributed by atoms with E-state index in [2.05, 4.69) is 15.9 Å². The molecular weight excluding hydrogens is 255 g/mol. The predicted octanol–water partition coefficient (Wildman–Crippen LogP) is 1.85. The molecule has 5 heteroatoms. The Morgan fingerprint density at radius 3 is 3.00 bits per heavy atom. The van der Waals surface area contributed by atoms with Crippen molar-refractivity contribution in [3.63, 3.8) is 0 Å². The quantitative estimate of drug-likeness (QED) is 0.885. The van der Waals surface area contributed by atoms with E-state index in [9.17, 15) is 4.39 Å². The molecule has 3 nitrogen and oxygen atoms in total. The van der Waals surface area contributed by atoms with Crippen LogP contribution >= 0.6 is 15.9 Å². The summed E-state index contributed by atoms with van der Waals surface area (Å²) in [7, 11) is 0. The number of hydrogen-bond donors (Lipinski definition) is 1. The summed E-state index contributed by atoms with van der Waals surface area (Å²) in [6.07, 6.45) is 0.219. The molecule has 1 N–H and O–H groups in total. The molecule has 1 aromatic rings. The lowest BCUT2D eigenvalue weighted by Gasteiger charge is -2.07. The van der Waals surface area contributed by atoms with Crippen molar-refractivity contribution >= 4 is 15.9 Å². The van der Waals surface area contributed by atoms with Crippen LogP contribution < -0.4 is 9.47 Å². The van der Waals surface area contributed by atoms with Crippen LogP contribution in [0.4, 0.5) is 4.39 Å².